The topological polar surface area (TPSA) is 54.9 Å². The van der Waals surface area contributed by atoms with Gasteiger partial charge in [0.05, 0.1) is 0 Å². The molecule has 0 spiro atoms. The second-order valence-electron chi connectivity index (χ2n) is 3.64. The first-order chi connectivity index (χ1) is 8.56. The van der Waals surface area contributed by atoms with Gasteiger partial charge in [-0.15, -0.1) is 0 Å². The quantitative estimate of drug-likeness (QED) is 0.822. The molecule has 1 N–H and O–H groups in total. The second-order valence-corrected chi connectivity index (χ2v) is 5.37. The minimum absolute atomic E-state index is 0.212. The van der Waals surface area contributed by atoms with Gasteiger partial charge in [0.1, 0.15) is 10.4 Å². The monoisotopic (exact) mass is 369 g/mol. The number of aryl methyl sites for hydroxylation is 1. The van der Waals surface area contributed by atoms with Crippen molar-refractivity contribution in [2.24, 2.45) is 0 Å². The Labute approximate surface area is 121 Å². The highest BCUT2D eigenvalue weighted by molar-refractivity contribution is 9.10. The lowest BCUT2D eigenvalue weighted by molar-refractivity contribution is 0.102. The number of nitrogens with one attached hydrogen (secondary N) is 1. The second kappa shape index (κ2) is 5.58. The number of carbonyl (C=O) groups excluding carboxylic acids is 1. The fourth-order valence-corrected chi connectivity index (χ4v) is 2.21. The lowest BCUT2D eigenvalue weighted by Crippen LogP contribution is -2.14. The van der Waals surface area contributed by atoms with Crippen molar-refractivity contribution in [1.29, 1.82) is 0 Å². The predicted octanol–water partition coefficient (Wildman–Crippen LogP) is 3.56. The summed E-state index contributed by atoms with van der Waals surface area (Å²) in [5, 5.41) is 2.76. The van der Waals surface area contributed by atoms with Gasteiger partial charge < -0.3 is 5.32 Å². The summed E-state index contributed by atoms with van der Waals surface area (Å²) >= 11 is 6.55. The van der Waals surface area contributed by atoms with E-state index in [1.54, 1.807) is 24.5 Å². The number of amides is 1. The van der Waals surface area contributed by atoms with E-state index in [9.17, 15) is 4.79 Å². The molecule has 0 aliphatic carbocycles. The number of aromatic nitrogens is 2. The number of hydrogen-bond acceptors (Lipinski definition) is 3. The first-order valence-corrected chi connectivity index (χ1v) is 6.70. The van der Waals surface area contributed by atoms with Gasteiger partial charge in [-0.25, -0.2) is 9.97 Å². The van der Waals surface area contributed by atoms with Crippen molar-refractivity contribution in [3.8, 4) is 0 Å². The smallest absolute Gasteiger partial charge is 0.256 e. The van der Waals surface area contributed by atoms with Crippen LogP contribution in [0.1, 0.15) is 15.9 Å². The van der Waals surface area contributed by atoms with Crippen LogP contribution in [-0.2, 0) is 0 Å². The zero-order valence-corrected chi connectivity index (χ0v) is 12.6. The van der Waals surface area contributed by atoms with Crippen LogP contribution in [0.15, 0.2) is 39.7 Å². The van der Waals surface area contributed by atoms with Crippen molar-refractivity contribution in [3.63, 3.8) is 0 Å². The molecule has 0 aliphatic rings. The highest BCUT2D eigenvalue weighted by Crippen LogP contribution is 2.18. The van der Waals surface area contributed by atoms with Gasteiger partial charge >= 0.3 is 0 Å². The van der Waals surface area contributed by atoms with Crippen LogP contribution in [0.25, 0.3) is 0 Å². The van der Waals surface area contributed by atoms with Crippen LogP contribution in [0, 0.1) is 6.92 Å². The number of nitrogens with zero attached hydrogens (tertiary/aromatic N) is 2. The Morgan fingerprint density at radius 2 is 2.06 bits per heavy atom. The Balaban J connectivity index is 2.21. The van der Waals surface area contributed by atoms with Gasteiger partial charge in [0.25, 0.3) is 5.91 Å². The zero-order valence-electron chi connectivity index (χ0n) is 9.45. The SMILES string of the molecule is Cc1cc(Br)cnc1NC(=O)c1ccnc(Br)c1. The summed E-state index contributed by atoms with van der Waals surface area (Å²) in [5.74, 6) is 0.340. The lowest BCUT2D eigenvalue weighted by Gasteiger charge is -2.07. The molecule has 18 heavy (non-hydrogen) atoms. The molecule has 0 aromatic carbocycles. The Morgan fingerprint density at radius 3 is 2.72 bits per heavy atom. The molecule has 2 heterocycles. The average Bonchev–Trinajstić information content (AvgIpc) is 2.32. The van der Waals surface area contributed by atoms with E-state index in [1.807, 2.05) is 13.0 Å². The largest absolute Gasteiger partial charge is 0.306 e. The molecule has 0 bridgehead atoms. The molecule has 0 saturated heterocycles. The molecule has 0 aliphatic heterocycles. The van der Waals surface area contributed by atoms with Crippen LogP contribution in [0.5, 0.6) is 0 Å². The summed E-state index contributed by atoms with van der Waals surface area (Å²) in [6.45, 7) is 1.88. The maximum atomic E-state index is 12.0. The lowest BCUT2D eigenvalue weighted by atomic mass is 10.2. The third-order valence-corrected chi connectivity index (χ3v) is 3.13. The molecule has 0 radical (unpaired) electrons. The van der Waals surface area contributed by atoms with Crippen molar-refractivity contribution in [2.45, 2.75) is 6.92 Å². The number of halogens is 2. The van der Waals surface area contributed by atoms with Crippen LogP contribution >= 0.6 is 31.9 Å². The van der Waals surface area contributed by atoms with Gasteiger partial charge in [-0.3, -0.25) is 4.79 Å². The van der Waals surface area contributed by atoms with E-state index in [-0.39, 0.29) is 5.91 Å². The van der Waals surface area contributed by atoms with Crippen molar-refractivity contribution in [2.75, 3.05) is 5.32 Å². The molecular formula is C12H9Br2N3O. The average molecular weight is 371 g/mol. The van der Waals surface area contributed by atoms with Crippen LogP contribution in [0.2, 0.25) is 0 Å². The summed E-state index contributed by atoms with van der Waals surface area (Å²) in [6, 6.07) is 5.20. The van der Waals surface area contributed by atoms with Gasteiger partial charge in [-0.1, -0.05) is 0 Å². The van der Waals surface area contributed by atoms with Crippen molar-refractivity contribution >= 4 is 43.6 Å². The van der Waals surface area contributed by atoms with E-state index in [4.69, 9.17) is 0 Å². The summed E-state index contributed by atoms with van der Waals surface area (Å²) in [5.41, 5.74) is 1.42. The van der Waals surface area contributed by atoms with Crippen LogP contribution < -0.4 is 5.32 Å². The normalized spacial score (nSPS) is 10.2. The Hall–Kier alpha value is -1.27. The maximum absolute atomic E-state index is 12.0. The summed E-state index contributed by atoms with van der Waals surface area (Å²) in [6.07, 6.45) is 3.21. The van der Waals surface area contributed by atoms with E-state index in [0.717, 1.165) is 10.0 Å². The Kier molecular flexibility index (Phi) is 4.08. The maximum Gasteiger partial charge on any atom is 0.256 e. The van der Waals surface area contributed by atoms with Crippen LogP contribution in [0.3, 0.4) is 0 Å². The molecule has 1 amide bonds. The molecule has 2 aromatic rings. The number of rotatable bonds is 2. The summed E-state index contributed by atoms with van der Waals surface area (Å²) < 4.78 is 1.50. The fourth-order valence-electron chi connectivity index (χ4n) is 1.39. The summed E-state index contributed by atoms with van der Waals surface area (Å²) in [4.78, 5) is 20.1. The Morgan fingerprint density at radius 1 is 1.28 bits per heavy atom. The van der Waals surface area contributed by atoms with Gasteiger partial charge in [0.15, 0.2) is 0 Å². The van der Waals surface area contributed by atoms with Gasteiger partial charge in [0.2, 0.25) is 0 Å². The highest BCUT2D eigenvalue weighted by atomic mass is 79.9. The van der Waals surface area contributed by atoms with E-state index < -0.39 is 0 Å². The molecule has 6 heteroatoms. The molecule has 0 atom stereocenters. The number of hydrogen-bond donors (Lipinski definition) is 1. The number of anilines is 1. The van der Waals surface area contributed by atoms with E-state index >= 15 is 0 Å². The third kappa shape index (κ3) is 3.14. The molecule has 0 saturated carbocycles. The molecule has 2 rings (SSSR count). The van der Waals surface area contributed by atoms with Gasteiger partial charge in [-0.05, 0) is 62.5 Å². The minimum Gasteiger partial charge on any atom is -0.306 e. The standard InChI is InChI=1S/C12H9Br2N3O/c1-7-4-9(13)6-16-11(7)17-12(18)8-2-3-15-10(14)5-8/h2-6H,1H3,(H,16,17,18). The predicted molar refractivity (Wildman–Crippen MR) is 76.6 cm³/mol. The van der Waals surface area contributed by atoms with Crippen molar-refractivity contribution < 1.29 is 4.79 Å². The van der Waals surface area contributed by atoms with E-state index in [1.165, 1.54) is 0 Å². The van der Waals surface area contributed by atoms with Crippen molar-refractivity contribution in [1.82, 2.24) is 9.97 Å². The van der Waals surface area contributed by atoms with Crippen LogP contribution in [-0.4, -0.2) is 15.9 Å². The molecule has 0 unspecified atom stereocenters. The molecule has 0 fully saturated rings. The van der Waals surface area contributed by atoms with Crippen molar-refractivity contribution in [3.05, 3.63) is 50.8 Å². The molecule has 4 nitrogen and oxygen atoms in total. The number of carbonyl (C=O) groups is 1. The Bertz CT molecular complexity index is 602. The molecule has 92 valence electrons. The number of pyridine rings is 2. The fraction of sp³-hybridized carbons (Fsp3) is 0.0833. The minimum atomic E-state index is -0.212. The van der Waals surface area contributed by atoms with E-state index in [0.29, 0.717) is 16.0 Å². The highest BCUT2D eigenvalue weighted by Gasteiger charge is 2.09. The third-order valence-electron chi connectivity index (χ3n) is 2.27. The van der Waals surface area contributed by atoms with Crippen LogP contribution in [0.4, 0.5) is 5.82 Å². The van der Waals surface area contributed by atoms with Gasteiger partial charge in [0, 0.05) is 22.4 Å². The van der Waals surface area contributed by atoms with E-state index in [2.05, 4.69) is 47.1 Å². The zero-order chi connectivity index (χ0) is 13.1. The van der Waals surface area contributed by atoms with Gasteiger partial charge in [-0.2, -0.15) is 0 Å². The first-order valence-electron chi connectivity index (χ1n) is 5.11. The molecular weight excluding hydrogens is 362 g/mol. The summed E-state index contributed by atoms with van der Waals surface area (Å²) in [7, 11) is 0. The first kappa shape index (κ1) is 13.2. The molecule has 2 aromatic heterocycles.